The van der Waals surface area contributed by atoms with E-state index >= 15 is 0 Å². The van der Waals surface area contributed by atoms with Crippen molar-refractivity contribution in [1.29, 1.82) is 0 Å². The lowest BCUT2D eigenvalue weighted by Crippen LogP contribution is -2.46. The Morgan fingerprint density at radius 1 is 0.972 bits per heavy atom. The van der Waals surface area contributed by atoms with Crippen LogP contribution in [-0.2, 0) is 12.8 Å². The highest BCUT2D eigenvalue weighted by molar-refractivity contribution is 6.30. The van der Waals surface area contributed by atoms with Gasteiger partial charge in [0.25, 0.3) is 5.89 Å². The van der Waals surface area contributed by atoms with Crippen molar-refractivity contribution >= 4 is 23.2 Å². The summed E-state index contributed by atoms with van der Waals surface area (Å²) < 4.78 is 5.78. The van der Waals surface area contributed by atoms with Crippen molar-refractivity contribution in [3.63, 3.8) is 0 Å². The van der Waals surface area contributed by atoms with E-state index in [1.54, 1.807) is 4.90 Å². The number of benzene rings is 3. The number of nitrogens with one attached hydrogen (secondary N) is 1. The van der Waals surface area contributed by atoms with Crippen LogP contribution in [0.15, 0.2) is 89.1 Å². The third kappa shape index (κ3) is 4.90. The molecule has 3 aromatic carbocycles. The molecule has 0 aliphatic carbocycles. The summed E-state index contributed by atoms with van der Waals surface area (Å²) in [5.41, 5.74) is 5.73. The third-order valence-electron chi connectivity index (χ3n) is 6.54. The number of rotatable bonds is 7. The Labute approximate surface area is 215 Å². The summed E-state index contributed by atoms with van der Waals surface area (Å²) in [7, 11) is 0. The monoisotopic (exact) mass is 498 g/mol. The normalized spacial score (nSPS) is 15.8. The van der Waals surface area contributed by atoms with E-state index in [4.69, 9.17) is 21.1 Å². The van der Waals surface area contributed by atoms with Gasteiger partial charge in [0.05, 0.1) is 11.6 Å². The number of nitrogens with zero attached hydrogens (tertiary/aromatic N) is 3. The van der Waals surface area contributed by atoms with Gasteiger partial charge < -0.3 is 9.84 Å². The molecule has 1 N–H and O–H groups in total. The quantitative estimate of drug-likeness (QED) is 0.308. The summed E-state index contributed by atoms with van der Waals surface area (Å²) in [5, 5.41) is 8.03. The fraction of sp³-hybridized carbons (Fsp3) is 0.207. The standard InChI is InChI=1S/C29H27ClN4O2/c1-3-20-9-11-23(12-10-20)27-32-28(36-33-27)25-19(2)34(18-17-21-7-5-4-6-8-21)29(35)31-26(25)22-13-15-24(30)16-14-22/h4-16,26H,3,17-18H2,1-2H3,(H,31,35). The molecule has 4 aromatic rings. The summed E-state index contributed by atoms with van der Waals surface area (Å²) in [5.74, 6) is 0.891. The molecule has 1 aliphatic heterocycles. The van der Waals surface area contributed by atoms with Gasteiger partial charge in [-0.2, -0.15) is 4.98 Å². The van der Waals surface area contributed by atoms with Gasteiger partial charge in [-0.3, -0.25) is 4.90 Å². The zero-order chi connectivity index (χ0) is 25.1. The minimum atomic E-state index is -0.446. The number of hydrogen-bond acceptors (Lipinski definition) is 4. The van der Waals surface area contributed by atoms with E-state index in [2.05, 4.69) is 41.7 Å². The highest BCUT2D eigenvalue weighted by atomic mass is 35.5. The van der Waals surface area contributed by atoms with Crippen LogP contribution in [-0.4, -0.2) is 27.6 Å². The van der Waals surface area contributed by atoms with Crippen molar-refractivity contribution in [3.8, 4) is 11.4 Å². The van der Waals surface area contributed by atoms with E-state index in [1.807, 2.05) is 61.5 Å². The van der Waals surface area contributed by atoms with Crippen LogP contribution in [0.25, 0.3) is 17.0 Å². The van der Waals surface area contributed by atoms with Gasteiger partial charge in [0, 0.05) is 22.8 Å². The zero-order valence-corrected chi connectivity index (χ0v) is 21.0. The van der Waals surface area contributed by atoms with E-state index in [-0.39, 0.29) is 6.03 Å². The second-order valence-corrected chi connectivity index (χ2v) is 9.23. The van der Waals surface area contributed by atoms with Crippen LogP contribution in [0.5, 0.6) is 0 Å². The summed E-state index contributed by atoms with van der Waals surface area (Å²) in [6, 6.07) is 25.1. The average Bonchev–Trinajstić information content (AvgIpc) is 3.39. The number of carbonyl (C=O) groups is 1. The summed E-state index contributed by atoms with van der Waals surface area (Å²) in [6.45, 7) is 4.58. The topological polar surface area (TPSA) is 71.3 Å². The van der Waals surface area contributed by atoms with Crippen LogP contribution in [0.3, 0.4) is 0 Å². The van der Waals surface area contributed by atoms with Crippen LogP contribution in [0, 0.1) is 0 Å². The van der Waals surface area contributed by atoms with Crippen LogP contribution in [0.1, 0.15) is 42.5 Å². The van der Waals surface area contributed by atoms with Crippen molar-refractivity contribution in [2.45, 2.75) is 32.7 Å². The number of amides is 2. The molecule has 2 amide bonds. The molecular formula is C29H27ClN4O2. The van der Waals surface area contributed by atoms with Crippen LogP contribution in [0.4, 0.5) is 4.79 Å². The number of aryl methyl sites for hydroxylation is 1. The van der Waals surface area contributed by atoms with Gasteiger partial charge in [-0.15, -0.1) is 0 Å². The molecular weight excluding hydrogens is 472 g/mol. The molecule has 182 valence electrons. The first-order chi connectivity index (χ1) is 17.5. The summed E-state index contributed by atoms with van der Waals surface area (Å²) in [6.07, 6.45) is 1.69. The first kappa shape index (κ1) is 23.8. The van der Waals surface area contributed by atoms with Crippen LogP contribution in [0.2, 0.25) is 5.02 Å². The van der Waals surface area contributed by atoms with E-state index in [0.717, 1.165) is 40.8 Å². The fourth-order valence-electron chi connectivity index (χ4n) is 4.46. The molecule has 0 saturated carbocycles. The van der Waals surface area contributed by atoms with E-state index in [0.29, 0.717) is 23.3 Å². The van der Waals surface area contributed by atoms with Gasteiger partial charge in [0.15, 0.2) is 0 Å². The molecule has 36 heavy (non-hydrogen) atoms. The molecule has 0 radical (unpaired) electrons. The molecule has 7 heteroatoms. The number of carbonyl (C=O) groups excluding carboxylic acids is 1. The molecule has 5 rings (SSSR count). The molecule has 0 bridgehead atoms. The lowest BCUT2D eigenvalue weighted by molar-refractivity contribution is 0.205. The second-order valence-electron chi connectivity index (χ2n) is 8.79. The van der Waals surface area contributed by atoms with Crippen molar-refractivity contribution in [3.05, 3.63) is 112 Å². The maximum Gasteiger partial charge on any atom is 0.322 e. The van der Waals surface area contributed by atoms with E-state index < -0.39 is 6.04 Å². The Balaban J connectivity index is 1.53. The molecule has 0 spiro atoms. The largest absolute Gasteiger partial charge is 0.334 e. The predicted octanol–water partition coefficient (Wildman–Crippen LogP) is 6.69. The van der Waals surface area contributed by atoms with E-state index in [1.165, 1.54) is 5.56 Å². The number of halogens is 1. The Morgan fingerprint density at radius 2 is 1.69 bits per heavy atom. The van der Waals surface area contributed by atoms with Crippen molar-refractivity contribution in [2.75, 3.05) is 6.54 Å². The Morgan fingerprint density at radius 3 is 2.39 bits per heavy atom. The van der Waals surface area contributed by atoms with E-state index in [9.17, 15) is 4.79 Å². The number of urea groups is 1. The first-order valence-corrected chi connectivity index (χ1v) is 12.4. The smallest absolute Gasteiger partial charge is 0.322 e. The lowest BCUT2D eigenvalue weighted by Gasteiger charge is -2.35. The first-order valence-electron chi connectivity index (χ1n) is 12.0. The molecule has 1 aliphatic rings. The molecule has 1 aromatic heterocycles. The summed E-state index contributed by atoms with van der Waals surface area (Å²) >= 11 is 6.13. The van der Waals surface area contributed by atoms with Gasteiger partial charge in [0.1, 0.15) is 0 Å². The average molecular weight is 499 g/mol. The highest BCUT2D eigenvalue weighted by Crippen LogP contribution is 2.37. The predicted molar refractivity (Wildman–Crippen MR) is 141 cm³/mol. The van der Waals surface area contributed by atoms with Crippen molar-refractivity contribution < 1.29 is 9.32 Å². The lowest BCUT2D eigenvalue weighted by atomic mass is 9.94. The van der Waals surface area contributed by atoms with Gasteiger partial charge in [0.2, 0.25) is 5.82 Å². The minimum absolute atomic E-state index is 0.165. The molecule has 0 fully saturated rings. The Hall–Kier alpha value is -3.90. The molecule has 2 heterocycles. The second kappa shape index (κ2) is 10.4. The van der Waals surface area contributed by atoms with Gasteiger partial charge in [-0.25, -0.2) is 4.79 Å². The van der Waals surface area contributed by atoms with Crippen LogP contribution < -0.4 is 5.32 Å². The maximum absolute atomic E-state index is 13.2. The summed E-state index contributed by atoms with van der Waals surface area (Å²) in [4.78, 5) is 19.7. The van der Waals surface area contributed by atoms with Crippen molar-refractivity contribution in [2.24, 2.45) is 0 Å². The molecule has 0 saturated heterocycles. The SMILES string of the molecule is CCc1ccc(-c2noc(C3=C(C)N(CCc4ccccc4)C(=O)NC3c3ccc(Cl)cc3)n2)cc1. The Bertz CT molecular complexity index is 1380. The molecule has 1 unspecified atom stereocenters. The Kier molecular flexibility index (Phi) is 6.87. The molecule has 6 nitrogen and oxygen atoms in total. The number of hydrogen-bond donors (Lipinski definition) is 1. The van der Waals surface area contributed by atoms with Gasteiger partial charge >= 0.3 is 6.03 Å². The van der Waals surface area contributed by atoms with Gasteiger partial charge in [-0.1, -0.05) is 90.4 Å². The molecule has 1 atom stereocenters. The highest BCUT2D eigenvalue weighted by Gasteiger charge is 2.35. The minimum Gasteiger partial charge on any atom is -0.334 e. The maximum atomic E-state index is 13.2. The zero-order valence-electron chi connectivity index (χ0n) is 20.2. The number of allylic oxidation sites excluding steroid dienone is 1. The van der Waals surface area contributed by atoms with Gasteiger partial charge in [-0.05, 0) is 48.6 Å². The third-order valence-corrected chi connectivity index (χ3v) is 6.80. The fourth-order valence-corrected chi connectivity index (χ4v) is 4.58. The van der Waals surface area contributed by atoms with Crippen molar-refractivity contribution in [1.82, 2.24) is 20.4 Å². The number of aromatic nitrogens is 2. The van der Waals surface area contributed by atoms with Crippen LogP contribution >= 0.6 is 11.6 Å².